The van der Waals surface area contributed by atoms with Gasteiger partial charge in [0.15, 0.2) is 5.17 Å². The third-order valence-corrected chi connectivity index (χ3v) is 1.56. The van der Waals surface area contributed by atoms with E-state index < -0.39 is 0 Å². The Morgan fingerprint density at radius 2 is 2.62 bits per heavy atom. The summed E-state index contributed by atoms with van der Waals surface area (Å²) in [5.74, 6) is 0. The molecule has 0 aromatic heterocycles. The van der Waals surface area contributed by atoms with Crippen LogP contribution in [0.3, 0.4) is 0 Å². The normalized spacial score (nSPS) is 27.5. The molecule has 0 amide bonds. The highest BCUT2D eigenvalue weighted by atomic mass is 32.2. The van der Waals surface area contributed by atoms with Crippen molar-refractivity contribution in [2.75, 3.05) is 0 Å². The maximum absolute atomic E-state index is 5.32. The Kier molecular flexibility index (Phi) is 1.58. The van der Waals surface area contributed by atoms with E-state index >= 15 is 0 Å². The lowest BCUT2D eigenvalue weighted by Crippen LogP contribution is -2.17. The standard InChI is InChI=1S/C3H6BN3S/c4-2-1-6-7-3(5)8-2/h1-2H,4H2,(H2,5,7). The van der Waals surface area contributed by atoms with Gasteiger partial charge in [-0.3, -0.25) is 0 Å². The molecule has 5 heteroatoms. The summed E-state index contributed by atoms with van der Waals surface area (Å²) in [6, 6.07) is 0. The molecule has 0 spiro atoms. The summed E-state index contributed by atoms with van der Waals surface area (Å²) < 4.78 is 0. The van der Waals surface area contributed by atoms with Crippen LogP contribution in [0.1, 0.15) is 0 Å². The monoisotopic (exact) mass is 127 g/mol. The molecule has 0 saturated heterocycles. The molecule has 0 aromatic carbocycles. The topological polar surface area (TPSA) is 50.7 Å². The molecule has 0 fully saturated rings. The number of nitrogens with two attached hydrogens (primary N) is 1. The molecule has 1 aliphatic rings. The van der Waals surface area contributed by atoms with Gasteiger partial charge in [0.2, 0.25) is 0 Å². The molecular formula is C3H6BN3S. The lowest BCUT2D eigenvalue weighted by molar-refractivity contribution is 1.24. The minimum Gasteiger partial charge on any atom is -0.377 e. The number of hydrogen-bond acceptors (Lipinski definition) is 4. The van der Waals surface area contributed by atoms with E-state index in [-0.39, 0.29) is 0 Å². The van der Waals surface area contributed by atoms with Crippen LogP contribution in [0, 0.1) is 0 Å². The van der Waals surface area contributed by atoms with Crippen LogP contribution in [-0.4, -0.2) is 24.4 Å². The van der Waals surface area contributed by atoms with E-state index in [9.17, 15) is 0 Å². The molecule has 42 valence electrons. The molecule has 0 aromatic rings. The zero-order valence-electron chi connectivity index (χ0n) is 4.53. The third-order valence-electron chi connectivity index (χ3n) is 0.740. The molecule has 1 aliphatic heterocycles. The Morgan fingerprint density at radius 3 is 3.00 bits per heavy atom. The Bertz CT molecular complexity index is 143. The van der Waals surface area contributed by atoms with Crippen molar-refractivity contribution in [1.82, 2.24) is 0 Å². The van der Waals surface area contributed by atoms with E-state index in [1.807, 2.05) is 7.85 Å². The molecule has 0 aliphatic carbocycles. The predicted molar refractivity (Wildman–Crippen MR) is 40.0 cm³/mol. The Balaban J connectivity index is 2.59. The van der Waals surface area contributed by atoms with Gasteiger partial charge in [-0.05, 0) is 0 Å². The second-order valence-corrected chi connectivity index (χ2v) is 2.92. The van der Waals surface area contributed by atoms with Gasteiger partial charge in [-0.25, -0.2) is 0 Å². The predicted octanol–water partition coefficient (Wildman–Crippen LogP) is -1.01. The highest BCUT2D eigenvalue weighted by Gasteiger charge is 2.04. The maximum Gasteiger partial charge on any atom is 0.180 e. The van der Waals surface area contributed by atoms with E-state index in [1.54, 1.807) is 6.21 Å². The van der Waals surface area contributed by atoms with E-state index in [0.29, 0.717) is 10.3 Å². The largest absolute Gasteiger partial charge is 0.377 e. The van der Waals surface area contributed by atoms with Crippen LogP contribution < -0.4 is 5.73 Å². The van der Waals surface area contributed by atoms with Crippen molar-refractivity contribution in [3.63, 3.8) is 0 Å². The Hall–Kier alpha value is -0.445. The summed E-state index contributed by atoms with van der Waals surface area (Å²) in [6.07, 6.45) is 1.76. The maximum atomic E-state index is 5.32. The average Bonchev–Trinajstić information content (AvgIpc) is 1.64. The highest BCUT2D eigenvalue weighted by Crippen LogP contribution is 2.08. The van der Waals surface area contributed by atoms with Crippen LogP contribution in [0.25, 0.3) is 0 Å². The molecule has 0 radical (unpaired) electrons. The number of nitrogens with zero attached hydrogens (tertiary/aromatic N) is 2. The van der Waals surface area contributed by atoms with Crippen LogP contribution in [0.15, 0.2) is 10.2 Å². The van der Waals surface area contributed by atoms with Crippen LogP contribution >= 0.6 is 11.8 Å². The molecule has 3 nitrogen and oxygen atoms in total. The smallest absolute Gasteiger partial charge is 0.180 e. The molecule has 1 rings (SSSR count). The quantitative estimate of drug-likeness (QED) is 0.424. The second kappa shape index (κ2) is 2.22. The van der Waals surface area contributed by atoms with E-state index in [4.69, 9.17) is 5.73 Å². The molecule has 1 atom stereocenters. The molecule has 1 heterocycles. The van der Waals surface area contributed by atoms with Crippen LogP contribution in [0.2, 0.25) is 0 Å². The summed E-state index contributed by atoms with van der Waals surface area (Å²) in [6.45, 7) is 0. The minimum absolute atomic E-state index is 0.382. The van der Waals surface area contributed by atoms with Crippen LogP contribution in [0.5, 0.6) is 0 Å². The van der Waals surface area contributed by atoms with E-state index in [2.05, 4.69) is 10.2 Å². The summed E-state index contributed by atoms with van der Waals surface area (Å²) in [7, 11) is 2.02. The molecular weight excluding hydrogens is 121 g/mol. The number of rotatable bonds is 0. The minimum atomic E-state index is 0.382. The summed E-state index contributed by atoms with van der Waals surface area (Å²) in [4.78, 5) is 0. The molecule has 0 bridgehead atoms. The molecule has 8 heavy (non-hydrogen) atoms. The van der Waals surface area contributed by atoms with Crippen molar-refractivity contribution in [2.24, 2.45) is 15.9 Å². The van der Waals surface area contributed by atoms with Crippen LogP contribution in [-0.2, 0) is 0 Å². The van der Waals surface area contributed by atoms with Gasteiger partial charge in [-0.15, -0.1) is 5.10 Å². The second-order valence-electron chi connectivity index (χ2n) is 1.53. The number of amidine groups is 1. The van der Waals surface area contributed by atoms with Crippen molar-refractivity contribution >= 4 is 31.0 Å². The van der Waals surface area contributed by atoms with E-state index in [0.717, 1.165) is 0 Å². The third kappa shape index (κ3) is 1.26. The van der Waals surface area contributed by atoms with Crippen molar-refractivity contribution in [2.45, 2.75) is 5.15 Å². The van der Waals surface area contributed by atoms with Gasteiger partial charge in [0.05, 0.1) is 0 Å². The fourth-order valence-electron chi connectivity index (χ4n) is 0.429. The van der Waals surface area contributed by atoms with Gasteiger partial charge in [0.25, 0.3) is 0 Å². The first-order chi connectivity index (χ1) is 3.79. The number of thioether (sulfide) groups is 1. The zero-order valence-corrected chi connectivity index (χ0v) is 5.35. The van der Waals surface area contributed by atoms with Gasteiger partial charge in [0.1, 0.15) is 7.85 Å². The average molecular weight is 127 g/mol. The zero-order chi connectivity index (χ0) is 5.98. The number of hydrogen-bond donors (Lipinski definition) is 1. The molecule has 0 saturated carbocycles. The fourth-order valence-corrected chi connectivity index (χ4v) is 1.02. The highest BCUT2D eigenvalue weighted by molar-refractivity contribution is 8.15. The van der Waals surface area contributed by atoms with Crippen molar-refractivity contribution < 1.29 is 0 Å². The van der Waals surface area contributed by atoms with E-state index in [1.165, 1.54) is 11.8 Å². The van der Waals surface area contributed by atoms with Gasteiger partial charge in [-0.1, -0.05) is 11.8 Å². The summed E-state index contributed by atoms with van der Waals surface area (Å²) in [5, 5.41) is 8.20. The van der Waals surface area contributed by atoms with Gasteiger partial charge < -0.3 is 5.73 Å². The molecule has 2 N–H and O–H groups in total. The lowest BCUT2D eigenvalue weighted by atomic mass is 10.1. The first-order valence-corrected chi connectivity index (χ1v) is 3.20. The fraction of sp³-hybridized carbons (Fsp3) is 0.333. The molecule has 1 unspecified atom stereocenters. The van der Waals surface area contributed by atoms with Gasteiger partial charge >= 0.3 is 0 Å². The lowest BCUT2D eigenvalue weighted by Gasteiger charge is -2.05. The van der Waals surface area contributed by atoms with Gasteiger partial charge in [0, 0.05) is 11.4 Å². The van der Waals surface area contributed by atoms with Crippen molar-refractivity contribution in [1.29, 1.82) is 0 Å². The summed E-state index contributed by atoms with van der Waals surface area (Å²) in [5.41, 5.74) is 5.32. The van der Waals surface area contributed by atoms with Gasteiger partial charge in [-0.2, -0.15) is 5.10 Å². The van der Waals surface area contributed by atoms with Crippen LogP contribution in [0.4, 0.5) is 0 Å². The summed E-state index contributed by atoms with van der Waals surface area (Å²) >= 11 is 1.52. The first kappa shape index (κ1) is 5.69. The Morgan fingerprint density at radius 1 is 1.88 bits per heavy atom. The Labute approximate surface area is 52.8 Å². The van der Waals surface area contributed by atoms with Crippen molar-refractivity contribution in [3.8, 4) is 0 Å². The SMILES string of the molecule is BC1C=NN=C(N)S1. The van der Waals surface area contributed by atoms with Crippen molar-refractivity contribution in [3.05, 3.63) is 0 Å². The first-order valence-electron chi connectivity index (χ1n) is 2.32.